The van der Waals surface area contributed by atoms with Crippen LogP contribution in [0.25, 0.3) is 6.08 Å². The van der Waals surface area contributed by atoms with Crippen molar-refractivity contribution in [1.29, 1.82) is 5.41 Å². The molecule has 0 fully saturated rings. The zero-order valence-corrected chi connectivity index (χ0v) is 19.6. The molecule has 4 rings (SSSR count). The van der Waals surface area contributed by atoms with E-state index in [1.165, 1.54) is 20.1 Å². The zero-order valence-electron chi connectivity index (χ0n) is 18.0. The number of ether oxygens (including phenoxy) is 2. The molecule has 0 radical (unpaired) electrons. The Labute approximate surface area is 199 Å². The highest BCUT2D eigenvalue weighted by atomic mass is 32.3. The van der Waals surface area contributed by atoms with Gasteiger partial charge in [0.2, 0.25) is 19.4 Å². The van der Waals surface area contributed by atoms with Crippen LogP contribution in [-0.4, -0.2) is 53.5 Å². The molecule has 0 aliphatic carbocycles. The Morgan fingerprint density at radius 2 is 1.76 bits per heavy atom. The Morgan fingerprint density at radius 1 is 1.12 bits per heavy atom. The molecule has 10 nitrogen and oxygen atoms in total. The quantitative estimate of drug-likeness (QED) is 0.377. The normalized spacial score (nSPS) is 16.8. The molecule has 2 heterocycles. The molecule has 0 atom stereocenters. The molecule has 0 saturated carbocycles. The van der Waals surface area contributed by atoms with E-state index in [1.54, 1.807) is 48.5 Å². The van der Waals surface area contributed by atoms with Crippen molar-refractivity contribution in [1.82, 2.24) is 5.01 Å². The van der Waals surface area contributed by atoms with Crippen molar-refractivity contribution in [2.45, 2.75) is 6.92 Å². The van der Waals surface area contributed by atoms with Gasteiger partial charge in [0.25, 0.3) is 5.91 Å². The fourth-order valence-corrected chi connectivity index (χ4v) is 5.08. The number of esters is 1. The Balaban J connectivity index is 1.50. The zero-order chi connectivity index (χ0) is 24.5. The maximum Gasteiger partial charge on any atom is 0.343 e. The predicted molar refractivity (Wildman–Crippen MR) is 129 cm³/mol. The molecule has 1 amide bonds. The number of benzene rings is 2. The number of aliphatic imine (C=N–C) groups is 1. The first-order chi connectivity index (χ1) is 16.2. The maximum absolute atomic E-state index is 12.5. The highest BCUT2D eigenvalue weighted by molar-refractivity contribution is 8.42. The first kappa shape index (κ1) is 23.4. The van der Waals surface area contributed by atoms with Crippen LogP contribution in [0.4, 0.5) is 0 Å². The number of rotatable bonds is 5. The van der Waals surface area contributed by atoms with Crippen molar-refractivity contribution in [3.63, 3.8) is 0 Å². The smallest absolute Gasteiger partial charge is 0.343 e. The number of fused-ring (bicyclic) bond motifs is 1. The lowest BCUT2D eigenvalue weighted by Gasteiger charge is -2.20. The summed E-state index contributed by atoms with van der Waals surface area (Å²) in [5.74, 6) is -0.734. The van der Waals surface area contributed by atoms with Gasteiger partial charge in [-0.1, -0.05) is 19.1 Å². The van der Waals surface area contributed by atoms with Crippen LogP contribution in [0.1, 0.15) is 22.8 Å². The van der Waals surface area contributed by atoms with Crippen molar-refractivity contribution in [3.8, 4) is 11.5 Å². The summed E-state index contributed by atoms with van der Waals surface area (Å²) in [6.45, 7) is 1.48. The number of amides is 1. The Kier molecular flexibility index (Phi) is 6.35. The fourth-order valence-electron chi connectivity index (χ4n) is 2.92. The lowest BCUT2D eigenvalue weighted by atomic mass is 10.1. The molecule has 2 aliphatic rings. The molecule has 0 spiro atoms. The van der Waals surface area contributed by atoms with Crippen molar-refractivity contribution in [3.05, 3.63) is 65.2 Å². The molecule has 0 bridgehead atoms. The van der Waals surface area contributed by atoms with Gasteiger partial charge in [-0.3, -0.25) is 10.2 Å². The van der Waals surface area contributed by atoms with E-state index >= 15 is 0 Å². The van der Waals surface area contributed by atoms with Crippen LogP contribution in [-0.2, 0) is 14.6 Å². The van der Waals surface area contributed by atoms with E-state index in [1.807, 2.05) is 0 Å². The predicted octanol–water partition coefficient (Wildman–Crippen LogP) is 2.93. The van der Waals surface area contributed by atoms with Crippen molar-refractivity contribution >= 4 is 54.9 Å². The Hall–Kier alpha value is -3.77. The molecule has 2 aliphatic heterocycles. The fraction of sp³-hybridized carbons (Fsp3) is 0.136. The minimum absolute atomic E-state index is 0.0277. The number of hydrogen-bond acceptors (Lipinski definition) is 9. The van der Waals surface area contributed by atoms with Gasteiger partial charge in [0.15, 0.2) is 5.84 Å². The lowest BCUT2D eigenvalue weighted by molar-refractivity contribution is -0.114. The summed E-state index contributed by atoms with van der Waals surface area (Å²) < 4.78 is 34.4. The van der Waals surface area contributed by atoms with Gasteiger partial charge >= 0.3 is 5.97 Å². The number of sulfone groups is 1. The third-order valence-electron chi connectivity index (χ3n) is 4.81. The number of hydrogen-bond donors (Lipinski definition) is 1. The topological polar surface area (TPSA) is 139 Å². The van der Waals surface area contributed by atoms with Gasteiger partial charge in [-0.05, 0) is 59.8 Å². The van der Waals surface area contributed by atoms with Crippen molar-refractivity contribution in [2.75, 3.05) is 12.9 Å². The van der Waals surface area contributed by atoms with Gasteiger partial charge in [0.1, 0.15) is 11.5 Å². The lowest BCUT2D eigenvalue weighted by Crippen LogP contribution is -2.35. The summed E-state index contributed by atoms with van der Waals surface area (Å²) >= 11 is 0.743. The second kappa shape index (κ2) is 9.23. The molecule has 0 saturated heterocycles. The SMILES string of the molecule is CCS(=O)(=O)C1=NN2C(=N)/C(=C/c3ccc(OC(=O)c4ccc(OC)cc4)cc3)C(=O)N=C2S1. The average Bonchev–Trinajstić information content (AvgIpc) is 3.28. The van der Waals surface area contributed by atoms with Crippen LogP contribution < -0.4 is 9.47 Å². The number of nitrogens with one attached hydrogen (secondary N) is 1. The number of methoxy groups -OCH3 is 1. The maximum atomic E-state index is 12.5. The molecular weight excluding hydrogens is 480 g/mol. The molecule has 0 aromatic heterocycles. The number of amidine groups is 2. The van der Waals surface area contributed by atoms with Crippen LogP contribution >= 0.6 is 11.8 Å². The van der Waals surface area contributed by atoms with Gasteiger partial charge in [-0.15, -0.1) is 5.10 Å². The number of thioether (sulfide) groups is 1. The molecule has 34 heavy (non-hydrogen) atoms. The number of nitrogens with zero attached hydrogens (tertiary/aromatic N) is 3. The largest absolute Gasteiger partial charge is 0.497 e. The second-order valence-corrected chi connectivity index (χ2v) is 10.4. The van der Waals surface area contributed by atoms with Gasteiger partial charge in [-0.2, -0.15) is 10.0 Å². The average molecular weight is 499 g/mol. The Bertz CT molecular complexity index is 1380. The third kappa shape index (κ3) is 4.63. The van der Waals surface area contributed by atoms with E-state index in [2.05, 4.69) is 10.1 Å². The number of carbonyl (C=O) groups excluding carboxylic acids is 2. The Morgan fingerprint density at radius 3 is 2.38 bits per heavy atom. The van der Waals surface area contributed by atoms with Crippen LogP contribution in [0, 0.1) is 5.41 Å². The first-order valence-electron chi connectivity index (χ1n) is 9.91. The molecule has 2 aromatic rings. The van der Waals surface area contributed by atoms with Gasteiger partial charge in [0, 0.05) is 0 Å². The molecular formula is C22H18N4O6S2. The summed E-state index contributed by atoms with van der Waals surface area (Å²) in [6, 6.07) is 12.8. The van der Waals surface area contributed by atoms with E-state index in [9.17, 15) is 18.0 Å². The van der Waals surface area contributed by atoms with E-state index in [4.69, 9.17) is 14.9 Å². The summed E-state index contributed by atoms with van der Waals surface area (Å²) in [5, 5.41) is 13.3. The van der Waals surface area contributed by atoms with Crippen LogP contribution in [0.5, 0.6) is 11.5 Å². The van der Waals surface area contributed by atoms with E-state index in [0.717, 1.165) is 16.8 Å². The van der Waals surface area contributed by atoms with Crippen LogP contribution in [0.2, 0.25) is 0 Å². The standard InChI is InChI=1S/C22H18N4O6S2/c1-3-34(29,30)22-25-26-18(23)17(19(27)24-21(26)33-22)12-13-4-8-16(9-5-13)32-20(28)14-6-10-15(31-2)11-7-14/h4-12,23H,3H2,1-2H3/b17-12-,23-18?. The summed E-state index contributed by atoms with van der Waals surface area (Å²) in [5.41, 5.74) is 0.856. The minimum Gasteiger partial charge on any atom is -0.497 e. The van der Waals surface area contributed by atoms with Crippen LogP contribution in [0.3, 0.4) is 0 Å². The molecule has 12 heteroatoms. The molecule has 1 N–H and O–H groups in total. The monoisotopic (exact) mass is 498 g/mol. The third-order valence-corrected chi connectivity index (χ3v) is 7.90. The van der Waals surface area contributed by atoms with E-state index < -0.39 is 21.7 Å². The minimum atomic E-state index is -3.60. The van der Waals surface area contributed by atoms with Crippen LogP contribution in [0.15, 0.2) is 64.2 Å². The van der Waals surface area contributed by atoms with E-state index in [0.29, 0.717) is 22.6 Å². The summed E-state index contributed by atoms with van der Waals surface area (Å²) in [6.07, 6.45) is 1.44. The first-order valence-corrected chi connectivity index (χ1v) is 12.4. The summed E-state index contributed by atoms with van der Waals surface area (Å²) in [7, 11) is -2.07. The molecule has 2 aromatic carbocycles. The highest BCUT2D eigenvalue weighted by Gasteiger charge is 2.39. The molecule has 0 unspecified atom stereocenters. The number of hydrazone groups is 1. The molecule has 174 valence electrons. The highest BCUT2D eigenvalue weighted by Crippen LogP contribution is 2.30. The second-order valence-electron chi connectivity index (χ2n) is 6.98. The van der Waals surface area contributed by atoms with Crippen molar-refractivity contribution in [2.24, 2.45) is 10.1 Å². The summed E-state index contributed by atoms with van der Waals surface area (Å²) in [4.78, 5) is 28.7. The van der Waals surface area contributed by atoms with E-state index in [-0.39, 0.29) is 26.7 Å². The van der Waals surface area contributed by atoms with Crippen molar-refractivity contribution < 1.29 is 27.5 Å². The van der Waals surface area contributed by atoms with Gasteiger partial charge < -0.3 is 9.47 Å². The van der Waals surface area contributed by atoms with Gasteiger partial charge in [-0.25, -0.2) is 13.2 Å². The number of carbonyl (C=O) groups is 2. The van der Waals surface area contributed by atoms with Gasteiger partial charge in [0.05, 0.1) is 24.0 Å².